The zero-order chi connectivity index (χ0) is 46.2. The third-order valence-corrected chi connectivity index (χ3v) is 11.8. The first-order valence-corrected chi connectivity index (χ1v) is 21.0. The van der Waals surface area contributed by atoms with Crippen LogP contribution >= 0.6 is 24.1 Å². The fourth-order valence-electron chi connectivity index (χ4n) is 7.09. The third kappa shape index (κ3) is 12.3. The van der Waals surface area contributed by atoms with Crippen molar-refractivity contribution in [3.8, 4) is 17.1 Å². The Morgan fingerprint density at radius 3 is 2.01 bits per heavy atom. The Kier molecular flexibility index (Phi) is 21.0. The Morgan fingerprint density at radius 2 is 1.35 bits per heavy atom. The number of rotatable bonds is 16. The number of nitrogens with one attached hydrogen (secondary N) is 3. The maximum absolute atomic E-state index is 14.6. The van der Waals surface area contributed by atoms with Gasteiger partial charge in [-0.3, -0.25) is 24.5 Å². The molecule has 29 heteroatoms. The van der Waals surface area contributed by atoms with Crippen molar-refractivity contribution in [1.29, 1.82) is 0 Å². The van der Waals surface area contributed by atoms with E-state index in [0.29, 0.717) is 12.0 Å². The molecule has 0 radical (unpaired) electrons. The summed E-state index contributed by atoms with van der Waals surface area (Å²) >= 11 is 0.703. The molecule has 0 spiro atoms. The molecule has 1 aliphatic rings. The zero-order valence-electron chi connectivity index (χ0n) is 36.4. The van der Waals surface area contributed by atoms with Crippen LogP contribution in [0.4, 0.5) is 34.6 Å². The predicted molar refractivity (Wildman–Crippen MR) is 221 cm³/mol. The number of aromatic nitrogens is 4. The number of hydrogen-bond donors (Lipinski definition) is 4. The van der Waals surface area contributed by atoms with Gasteiger partial charge in [-0.05, 0) is 48.0 Å². The Morgan fingerprint density at radius 1 is 0.710 bits per heavy atom. The second-order valence-electron chi connectivity index (χ2n) is 13.5. The van der Waals surface area contributed by atoms with Crippen molar-refractivity contribution < 1.29 is 185 Å². The zero-order valence-corrected chi connectivity index (χ0v) is 46.9. The molecule has 4 N–H and O–H groups in total. The Balaban J connectivity index is 0.00000259. The monoisotopic (exact) mass is 1030 g/mol. The van der Waals surface area contributed by atoms with E-state index in [0.717, 1.165) is 12.1 Å². The van der Waals surface area contributed by atoms with Crippen molar-refractivity contribution in [3.63, 3.8) is 0 Å². The van der Waals surface area contributed by atoms with Gasteiger partial charge in [-0.2, -0.15) is 23.6 Å². The van der Waals surface area contributed by atoms with Gasteiger partial charge in [0.1, 0.15) is 10.1 Å². The fraction of sp³-hybridized carbons (Fsp3) is 0.0250. The van der Waals surface area contributed by atoms with E-state index in [1.165, 1.54) is 78.3 Å². The summed E-state index contributed by atoms with van der Waals surface area (Å²) in [4.78, 5) is 65.5. The van der Waals surface area contributed by atoms with Crippen LogP contribution < -0.4 is 155 Å². The maximum Gasteiger partial charge on any atom is 1.00 e. The van der Waals surface area contributed by atoms with Crippen LogP contribution in [0.3, 0.4) is 0 Å². The summed E-state index contributed by atoms with van der Waals surface area (Å²) in [7, 11) is -4.00. The minimum Gasteiger partial charge on any atom is -0.744 e. The molecular formula is C40H23N7Na4O15S3. The number of para-hydroxylation sites is 1. The second-order valence-corrected chi connectivity index (χ2v) is 16.3. The molecule has 2 heterocycles. The van der Waals surface area contributed by atoms with Crippen LogP contribution in [0.25, 0.3) is 22.0 Å². The van der Waals surface area contributed by atoms with Crippen LogP contribution in [-0.4, -0.2) is 55.1 Å². The third-order valence-electron chi connectivity index (χ3n) is 9.75. The van der Waals surface area contributed by atoms with Gasteiger partial charge in [0.15, 0.2) is 11.6 Å². The maximum atomic E-state index is 14.6. The van der Waals surface area contributed by atoms with Crippen LogP contribution in [0, 0.1) is 0 Å². The summed E-state index contributed by atoms with van der Waals surface area (Å²) in [5, 5.41) is 58.8. The summed E-state index contributed by atoms with van der Waals surface area (Å²) in [6, 6.07) is 21.4. The molecule has 2 aromatic heterocycles. The van der Waals surface area contributed by atoms with Crippen LogP contribution in [-0.2, 0) is 35.9 Å². The minimum atomic E-state index is -5.40. The largest absolute Gasteiger partial charge is 1.00 e. The summed E-state index contributed by atoms with van der Waals surface area (Å²) in [5.41, 5.74) is -1.41. The molecule has 0 atom stereocenters. The van der Waals surface area contributed by atoms with Crippen LogP contribution in [0.2, 0.25) is 0 Å². The molecule has 0 saturated heterocycles. The SMILES string of the molecule is Cn1c(=O)c(C(=O)c2cccc(SOO[O-])c2)c2c3c(c(Nc4cc(Nc5nc(O)nc(Nc6ccccc6C(=O)[O-])n5)c(S(=O)(=O)[O-])cc4SOO[O-])ccc31)C(=O)c1ccccc1-2.[Na+].[Na+].[Na+].[Na+]. The van der Waals surface area contributed by atoms with Gasteiger partial charge in [0.25, 0.3) is 5.56 Å². The second kappa shape index (κ2) is 24.9. The van der Waals surface area contributed by atoms with Crippen molar-refractivity contribution in [1.82, 2.24) is 19.5 Å². The van der Waals surface area contributed by atoms with Crippen molar-refractivity contribution >= 4 is 97.3 Å². The van der Waals surface area contributed by atoms with E-state index < -0.39 is 61.7 Å². The Hall–Kier alpha value is -3.30. The number of aromatic hydroxyl groups is 1. The van der Waals surface area contributed by atoms with Gasteiger partial charge in [0.2, 0.25) is 11.9 Å². The van der Waals surface area contributed by atoms with Crippen molar-refractivity contribution in [2.45, 2.75) is 14.7 Å². The van der Waals surface area contributed by atoms with Gasteiger partial charge in [0.05, 0.1) is 73.6 Å². The molecule has 1 aliphatic carbocycles. The van der Waals surface area contributed by atoms with Crippen LogP contribution in [0.5, 0.6) is 6.01 Å². The number of carbonyl (C=O) groups is 3. The molecule has 5 aromatic carbocycles. The molecule has 8 rings (SSSR count). The number of fused-ring (bicyclic) bond motifs is 2. The molecule has 0 bridgehead atoms. The summed E-state index contributed by atoms with van der Waals surface area (Å²) in [5.74, 6) is -3.87. The van der Waals surface area contributed by atoms with Gasteiger partial charge in [-0.1, -0.05) is 54.6 Å². The van der Waals surface area contributed by atoms with Gasteiger partial charge < -0.3 is 50.6 Å². The molecule has 330 valence electrons. The molecule has 69 heavy (non-hydrogen) atoms. The molecule has 0 saturated carbocycles. The molecular weight excluding hydrogens is 1010 g/mol. The number of hydrogen-bond acceptors (Lipinski definition) is 23. The molecule has 0 aliphatic heterocycles. The number of carboxylic acid groups (broad SMARTS) is 1. The Labute approximate surface area is 486 Å². The van der Waals surface area contributed by atoms with Gasteiger partial charge in [0, 0.05) is 45.3 Å². The molecule has 0 fully saturated rings. The number of nitrogens with zero attached hydrogens (tertiary/aromatic N) is 4. The first kappa shape index (κ1) is 58.3. The number of aromatic carboxylic acids is 1. The molecule has 0 amide bonds. The Bertz CT molecular complexity index is 3320. The topological polar surface area (TPSA) is 332 Å². The smallest absolute Gasteiger partial charge is 0.744 e. The summed E-state index contributed by atoms with van der Waals surface area (Å²) in [6.07, 6.45) is 0. The van der Waals surface area contributed by atoms with Crippen LogP contribution in [0.1, 0.15) is 42.2 Å². The van der Waals surface area contributed by atoms with E-state index in [1.54, 1.807) is 18.2 Å². The number of benzene rings is 5. The predicted octanol–water partition coefficient (Wildman–Crippen LogP) is -9.15. The number of anilines is 6. The normalized spacial score (nSPS) is 11.2. The molecule has 22 nitrogen and oxygen atoms in total. The van der Waals surface area contributed by atoms with E-state index >= 15 is 0 Å². The van der Waals surface area contributed by atoms with Crippen LogP contribution in [0.15, 0.2) is 117 Å². The van der Waals surface area contributed by atoms with E-state index in [-0.39, 0.29) is 207 Å². The van der Waals surface area contributed by atoms with E-state index in [4.69, 9.17) is 0 Å². The standard InChI is InChI=1S/C40H27N7O15S3.4Na/c1-47-27-14-13-24(31-32(27)30(20-9-2-3-10-21(20)35(31)49)33(36(47)50)34(48)18-7-6-8-19(15-18)63-61-59-54)41-25-16-26(29(65(56,57)58)17-28(25)64-62-60-55)43-39-44-38(45-40(53)46-39)42-23-12-5-4-11-22(23)37(51)52;;;;/h2-17,41,54-55H,1H3,(H,51,52)(H,56,57,58)(H3,42,43,44,45,46,53);;;;/q;4*+1/p-4. The number of carbonyl (C=O) groups excluding carboxylic acids is 3. The van der Waals surface area contributed by atoms with E-state index in [2.05, 4.69) is 49.6 Å². The number of aryl methyl sites for hydroxylation is 1. The number of carboxylic acids is 1. The van der Waals surface area contributed by atoms with Gasteiger partial charge in [-0.25, -0.2) is 8.42 Å². The van der Waals surface area contributed by atoms with Crippen molar-refractivity contribution in [2.24, 2.45) is 7.05 Å². The van der Waals surface area contributed by atoms with Gasteiger partial charge in [-0.15, -0.1) is 0 Å². The first-order chi connectivity index (χ1) is 31.2. The summed E-state index contributed by atoms with van der Waals surface area (Å²) in [6.45, 7) is 0. The fourth-order valence-corrected chi connectivity index (χ4v) is 8.69. The first-order valence-electron chi connectivity index (χ1n) is 18.1. The summed E-state index contributed by atoms with van der Waals surface area (Å²) < 4.78 is 48.3. The van der Waals surface area contributed by atoms with Gasteiger partial charge >= 0.3 is 124 Å². The average molecular weight is 1030 g/mol. The quantitative estimate of drug-likeness (QED) is 0.0174. The van der Waals surface area contributed by atoms with E-state index in [1.807, 2.05) is 0 Å². The van der Waals surface area contributed by atoms with Crippen molar-refractivity contribution in [2.75, 3.05) is 16.0 Å². The molecule has 0 unspecified atom stereocenters. The number of pyridine rings is 1. The van der Waals surface area contributed by atoms with E-state index in [9.17, 15) is 52.9 Å². The number of ketones is 2. The minimum absolute atomic E-state index is 0. The molecule has 7 aromatic rings. The van der Waals surface area contributed by atoms with Crippen molar-refractivity contribution in [3.05, 3.63) is 135 Å². The average Bonchev–Trinajstić information content (AvgIpc) is 3.28.